The smallest absolute Gasteiger partial charge is 0.270 e. The molecule has 0 aliphatic carbocycles. The number of nitrogens with one attached hydrogen (secondary N) is 1. The maximum atomic E-state index is 13.2. The number of nitrogens with zero attached hydrogens (tertiary/aromatic N) is 2. The molecule has 34 heavy (non-hydrogen) atoms. The summed E-state index contributed by atoms with van der Waals surface area (Å²) in [6.07, 6.45) is 1.30. The number of rotatable bonds is 5. The van der Waals surface area contributed by atoms with Gasteiger partial charge in [-0.3, -0.25) is 29.9 Å². The third-order valence-corrected chi connectivity index (χ3v) is 5.87. The molecule has 0 unspecified atom stereocenters. The summed E-state index contributed by atoms with van der Waals surface area (Å²) in [6.45, 7) is 4.12. The average molecular weight is 496 g/mol. The standard InChI is InChI=1S/C24H18ClN3O5S/c1-13(2)14-3-5-15(6-4-14)27-23(30)19(22(29)26-24(27)34)12-17-8-10-21(33-17)18-11-16(28(31)32)7-9-20(18)25/h3-13H,1-2H3,(H,26,29,34)/b19-12+. The molecule has 1 N–H and O–H groups in total. The molecule has 1 aliphatic rings. The van der Waals surface area contributed by atoms with Crippen molar-refractivity contribution in [3.8, 4) is 11.3 Å². The van der Waals surface area contributed by atoms with Gasteiger partial charge in [0.15, 0.2) is 5.11 Å². The molecule has 8 nitrogen and oxygen atoms in total. The van der Waals surface area contributed by atoms with E-state index in [0.29, 0.717) is 17.2 Å². The lowest BCUT2D eigenvalue weighted by molar-refractivity contribution is -0.384. The zero-order valence-corrected chi connectivity index (χ0v) is 19.6. The fourth-order valence-electron chi connectivity index (χ4n) is 3.43. The van der Waals surface area contributed by atoms with E-state index in [1.54, 1.807) is 18.2 Å². The molecule has 1 aromatic heterocycles. The summed E-state index contributed by atoms with van der Waals surface area (Å²) in [5.41, 5.74) is 1.61. The van der Waals surface area contributed by atoms with Gasteiger partial charge < -0.3 is 4.42 Å². The van der Waals surface area contributed by atoms with Crippen LogP contribution in [-0.2, 0) is 9.59 Å². The van der Waals surface area contributed by atoms with E-state index < -0.39 is 16.7 Å². The van der Waals surface area contributed by atoms with Crippen LogP contribution in [0.1, 0.15) is 31.1 Å². The average Bonchev–Trinajstić information content (AvgIpc) is 3.25. The number of nitro benzene ring substituents is 1. The molecule has 0 bridgehead atoms. The highest BCUT2D eigenvalue weighted by molar-refractivity contribution is 7.80. The molecule has 0 atom stereocenters. The second-order valence-corrected chi connectivity index (χ2v) is 8.62. The molecule has 1 saturated heterocycles. The van der Waals surface area contributed by atoms with Crippen LogP contribution in [0.25, 0.3) is 17.4 Å². The maximum Gasteiger partial charge on any atom is 0.270 e. The zero-order chi connectivity index (χ0) is 24.6. The summed E-state index contributed by atoms with van der Waals surface area (Å²) in [5.74, 6) is -0.491. The van der Waals surface area contributed by atoms with E-state index in [9.17, 15) is 19.7 Å². The normalized spacial score (nSPS) is 15.2. The number of thiocarbonyl (C=S) groups is 1. The molecule has 2 amide bonds. The summed E-state index contributed by atoms with van der Waals surface area (Å²) < 4.78 is 5.73. The van der Waals surface area contributed by atoms with Gasteiger partial charge in [-0.15, -0.1) is 0 Å². The number of non-ortho nitro benzene ring substituents is 1. The predicted octanol–water partition coefficient (Wildman–Crippen LogP) is 5.46. The molecular weight excluding hydrogens is 478 g/mol. The molecule has 4 rings (SSSR count). The van der Waals surface area contributed by atoms with Gasteiger partial charge in [0.25, 0.3) is 17.5 Å². The highest BCUT2D eigenvalue weighted by Gasteiger charge is 2.34. The van der Waals surface area contributed by atoms with Crippen molar-refractivity contribution in [2.45, 2.75) is 19.8 Å². The first kappa shape index (κ1) is 23.3. The number of benzene rings is 2. The summed E-state index contributed by atoms with van der Waals surface area (Å²) in [5, 5.41) is 13.8. The Bertz CT molecular complexity index is 1360. The summed E-state index contributed by atoms with van der Waals surface area (Å²) in [7, 11) is 0. The van der Waals surface area contributed by atoms with Gasteiger partial charge in [0.2, 0.25) is 0 Å². The number of nitro groups is 1. The zero-order valence-electron chi connectivity index (χ0n) is 18.1. The number of anilines is 1. The topological polar surface area (TPSA) is 106 Å². The van der Waals surface area contributed by atoms with Gasteiger partial charge in [0, 0.05) is 17.7 Å². The van der Waals surface area contributed by atoms with Gasteiger partial charge in [-0.05, 0) is 60.1 Å². The van der Waals surface area contributed by atoms with Crippen molar-refractivity contribution in [1.82, 2.24) is 5.32 Å². The fourth-order valence-corrected chi connectivity index (χ4v) is 3.93. The van der Waals surface area contributed by atoms with Crippen molar-refractivity contribution in [3.63, 3.8) is 0 Å². The molecule has 1 aliphatic heterocycles. The van der Waals surface area contributed by atoms with Gasteiger partial charge in [-0.2, -0.15) is 0 Å². The van der Waals surface area contributed by atoms with Crippen molar-refractivity contribution in [1.29, 1.82) is 0 Å². The lowest BCUT2D eigenvalue weighted by atomic mass is 10.0. The van der Waals surface area contributed by atoms with Crippen LogP contribution in [0.15, 0.2) is 64.6 Å². The number of carbonyl (C=O) groups excluding carboxylic acids is 2. The Balaban J connectivity index is 1.67. The molecule has 2 heterocycles. The number of amides is 2. The highest BCUT2D eigenvalue weighted by Crippen LogP contribution is 2.33. The van der Waals surface area contributed by atoms with Crippen molar-refractivity contribution in [2.24, 2.45) is 0 Å². The molecule has 10 heteroatoms. The van der Waals surface area contributed by atoms with E-state index in [2.05, 4.69) is 19.2 Å². The van der Waals surface area contributed by atoms with Gasteiger partial charge in [0.05, 0.1) is 15.6 Å². The van der Waals surface area contributed by atoms with E-state index in [1.807, 2.05) is 12.1 Å². The molecule has 1 fully saturated rings. The van der Waals surface area contributed by atoms with Crippen LogP contribution in [0, 0.1) is 10.1 Å². The molecule has 0 spiro atoms. The van der Waals surface area contributed by atoms with Crippen molar-refractivity contribution >= 4 is 58.2 Å². The quantitative estimate of drug-likeness (QED) is 0.165. The fraction of sp³-hybridized carbons (Fsp3) is 0.125. The van der Waals surface area contributed by atoms with E-state index in [4.69, 9.17) is 28.2 Å². The van der Waals surface area contributed by atoms with Gasteiger partial charge in [-0.1, -0.05) is 37.6 Å². The van der Waals surface area contributed by atoms with Gasteiger partial charge in [-0.25, -0.2) is 0 Å². The molecule has 3 aromatic rings. The third-order valence-electron chi connectivity index (χ3n) is 5.26. The van der Waals surface area contributed by atoms with E-state index in [1.165, 1.54) is 35.2 Å². The number of furan rings is 1. The first-order chi connectivity index (χ1) is 16.2. The largest absolute Gasteiger partial charge is 0.457 e. The second kappa shape index (κ2) is 9.20. The lowest BCUT2D eigenvalue weighted by Crippen LogP contribution is -2.54. The summed E-state index contributed by atoms with van der Waals surface area (Å²) in [4.78, 5) is 37.5. The Morgan fingerprint density at radius 1 is 1.12 bits per heavy atom. The SMILES string of the molecule is CC(C)c1ccc(N2C(=O)/C(=C/c3ccc(-c4cc([N+](=O)[O-])ccc4Cl)o3)C(=O)NC2=S)cc1. The number of halogens is 1. The summed E-state index contributed by atoms with van der Waals surface area (Å²) >= 11 is 11.4. The third kappa shape index (κ3) is 4.48. The Labute approximate surface area is 205 Å². The van der Waals surface area contributed by atoms with Crippen LogP contribution in [0.5, 0.6) is 0 Å². The van der Waals surface area contributed by atoms with Crippen molar-refractivity contribution in [2.75, 3.05) is 4.90 Å². The monoisotopic (exact) mass is 495 g/mol. The first-order valence-electron chi connectivity index (χ1n) is 10.2. The maximum absolute atomic E-state index is 13.2. The predicted molar refractivity (Wildman–Crippen MR) is 133 cm³/mol. The Morgan fingerprint density at radius 3 is 2.47 bits per heavy atom. The number of hydrogen-bond acceptors (Lipinski definition) is 6. The minimum absolute atomic E-state index is 0.0204. The van der Waals surface area contributed by atoms with Gasteiger partial charge in [0.1, 0.15) is 17.1 Å². The second-order valence-electron chi connectivity index (χ2n) is 7.83. The Hall–Kier alpha value is -3.82. The van der Waals surface area contributed by atoms with E-state index in [-0.39, 0.29) is 32.9 Å². The highest BCUT2D eigenvalue weighted by atomic mass is 35.5. The van der Waals surface area contributed by atoms with Crippen LogP contribution in [0.4, 0.5) is 11.4 Å². The first-order valence-corrected chi connectivity index (χ1v) is 11.0. The lowest BCUT2D eigenvalue weighted by Gasteiger charge is -2.29. The summed E-state index contributed by atoms with van der Waals surface area (Å²) in [6, 6.07) is 14.4. The minimum atomic E-state index is -0.656. The van der Waals surface area contributed by atoms with E-state index >= 15 is 0 Å². The minimum Gasteiger partial charge on any atom is -0.457 e. The van der Waals surface area contributed by atoms with Gasteiger partial charge >= 0.3 is 0 Å². The molecular formula is C24H18ClN3O5S. The van der Waals surface area contributed by atoms with Crippen LogP contribution >= 0.6 is 23.8 Å². The van der Waals surface area contributed by atoms with Crippen molar-refractivity contribution in [3.05, 3.63) is 86.6 Å². The van der Waals surface area contributed by atoms with Crippen LogP contribution in [-0.4, -0.2) is 21.9 Å². The molecule has 172 valence electrons. The number of carbonyl (C=O) groups is 2. The van der Waals surface area contributed by atoms with Crippen LogP contribution < -0.4 is 10.2 Å². The van der Waals surface area contributed by atoms with Crippen molar-refractivity contribution < 1.29 is 18.9 Å². The van der Waals surface area contributed by atoms with Crippen LogP contribution in [0.3, 0.4) is 0 Å². The molecule has 2 aromatic carbocycles. The Morgan fingerprint density at radius 2 is 1.82 bits per heavy atom. The Kier molecular flexibility index (Phi) is 6.32. The molecule has 0 radical (unpaired) electrons. The number of hydrogen-bond donors (Lipinski definition) is 1. The molecule has 0 saturated carbocycles. The van der Waals surface area contributed by atoms with E-state index in [0.717, 1.165) is 5.56 Å². The van der Waals surface area contributed by atoms with Crippen LogP contribution in [0.2, 0.25) is 5.02 Å².